The molecule has 1 aromatic rings. The molecular weight excluding hydrogens is 290 g/mol. The molecule has 0 heterocycles. The zero-order chi connectivity index (χ0) is 17.9. The van der Waals surface area contributed by atoms with Crippen molar-refractivity contribution in [2.45, 2.75) is 41.5 Å². The first kappa shape index (κ1) is 19.6. The largest absolute Gasteiger partial charge is 0.261 e. The summed E-state index contributed by atoms with van der Waals surface area (Å²) in [6.07, 6.45) is 14.7. The van der Waals surface area contributed by atoms with Gasteiger partial charge in [-0.1, -0.05) is 60.7 Å². The summed E-state index contributed by atoms with van der Waals surface area (Å²) in [4.78, 5) is 4.48. The van der Waals surface area contributed by atoms with Crippen molar-refractivity contribution in [1.29, 1.82) is 0 Å². The summed E-state index contributed by atoms with van der Waals surface area (Å²) >= 11 is 0. The lowest BCUT2D eigenvalue weighted by molar-refractivity contribution is 1.29. The van der Waals surface area contributed by atoms with E-state index >= 15 is 0 Å². The highest BCUT2D eigenvalue weighted by Gasteiger charge is 2.00. The summed E-state index contributed by atoms with van der Waals surface area (Å²) < 4.78 is 0. The molecule has 0 saturated carbocycles. The maximum absolute atomic E-state index is 4.48. The molecular formula is C23H29N. The monoisotopic (exact) mass is 319 g/mol. The Morgan fingerprint density at radius 3 is 2.12 bits per heavy atom. The molecule has 0 radical (unpaired) electrons. The Hall–Kier alpha value is -2.41. The van der Waals surface area contributed by atoms with Crippen molar-refractivity contribution in [2.75, 3.05) is 0 Å². The maximum Gasteiger partial charge on any atom is 0.0349 e. The topological polar surface area (TPSA) is 12.4 Å². The number of hydrogen-bond acceptors (Lipinski definition) is 1. The van der Waals surface area contributed by atoms with Gasteiger partial charge in [0.05, 0.1) is 0 Å². The van der Waals surface area contributed by atoms with Crippen LogP contribution in [0.4, 0.5) is 0 Å². The van der Waals surface area contributed by atoms with E-state index in [0.29, 0.717) is 0 Å². The van der Waals surface area contributed by atoms with Crippen molar-refractivity contribution >= 4 is 12.3 Å². The number of benzene rings is 1. The first-order valence-corrected chi connectivity index (χ1v) is 8.44. The lowest BCUT2D eigenvalue weighted by Gasteiger charge is -2.06. The molecule has 1 nitrogen and oxygen atoms in total. The van der Waals surface area contributed by atoms with Gasteiger partial charge in [0.1, 0.15) is 0 Å². The van der Waals surface area contributed by atoms with E-state index < -0.39 is 0 Å². The molecule has 0 aliphatic rings. The molecule has 0 amide bonds. The summed E-state index contributed by atoms with van der Waals surface area (Å²) in [5.41, 5.74) is 7.12. The van der Waals surface area contributed by atoms with Gasteiger partial charge in [-0.3, -0.25) is 4.99 Å². The van der Waals surface area contributed by atoms with E-state index in [4.69, 9.17) is 0 Å². The normalized spacial score (nSPS) is 14.9. The van der Waals surface area contributed by atoms with Gasteiger partial charge in [-0.15, -0.1) is 0 Å². The van der Waals surface area contributed by atoms with Crippen molar-refractivity contribution in [3.63, 3.8) is 0 Å². The molecule has 24 heavy (non-hydrogen) atoms. The van der Waals surface area contributed by atoms with Gasteiger partial charge in [0.2, 0.25) is 0 Å². The third kappa shape index (κ3) is 6.00. The first-order valence-electron chi connectivity index (χ1n) is 8.44. The van der Waals surface area contributed by atoms with Gasteiger partial charge in [-0.2, -0.15) is 0 Å². The van der Waals surface area contributed by atoms with Crippen LogP contribution in [-0.4, -0.2) is 6.21 Å². The van der Waals surface area contributed by atoms with Crippen LogP contribution in [-0.2, 0) is 0 Å². The van der Waals surface area contributed by atoms with Crippen LogP contribution in [0.25, 0.3) is 6.08 Å². The van der Waals surface area contributed by atoms with Crippen LogP contribution in [0.5, 0.6) is 0 Å². The standard InChI is InChI=1S/C23H29N/c1-7-12-23(18(4)8-2)19(5)15-16-21-13-10-11-14-22(21)17-24-20(6)9-3/h7-17H,1-6H3/b12-7+,16-15-,18-8+,20-9+,23-19-,24-17+. The van der Waals surface area contributed by atoms with Crippen LogP contribution in [0.1, 0.15) is 52.7 Å². The smallest absolute Gasteiger partial charge is 0.0349 e. The highest BCUT2D eigenvalue weighted by Crippen LogP contribution is 2.19. The zero-order valence-corrected chi connectivity index (χ0v) is 15.8. The van der Waals surface area contributed by atoms with E-state index in [-0.39, 0.29) is 0 Å². The fourth-order valence-corrected chi connectivity index (χ4v) is 2.23. The van der Waals surface area contributed by atoms with Gasteiger partial charge in [0.15, 0.2) is 0 Å². The average Bonchev–Trinajstić information content (AvgIpc) is 2.62. The van der Waals surface area contributed by atoms with Crippen molar-refractivity contribution < 1.29 is 0 Å². The Kier molecular flexibility index (Phi) is 8.49. The molecule has 0 N–H and O–H groups in total. The molecule has 0 unspecified atom stereocenters. The molecule has 0 spiro atoms. The van der Waals surface area contributed by atoms with Crippen molar-refractivity contribution in [3.05, 3.63) is 88.2 Å². The minimum Gasteiger partial charge on any atom is -0.261 e. The van der Waals surface area contributed by atoms with E-state index in [1.165, 1.54) is 22.3 Å². The zero-order valence-electron chi connectivity index (χ0n) is 15.8. The first-order chi connectivity index (χ1) is 11.5. The van der Waals surface area contributed by atoms with Crippen molar-refractivity contribution in [3.8, 4) is 0 Å². The predicted octanol–water partition coefficient (Wildman–Crippen LogP) is 6.90. The number of aliphatic imine (C=N–C) groups is 1. The lowest BCUT2D eigenvalue weighted by Crippen LogP contribution is -1.88. The fourth-order valence-electron chi connectivity index (χ4n) is 2.23. The lowest BCUT2D eigenvalue weighted by atomic mass is 9.99. The number of rotatable bonds is 6. The summed E-state index contributed by atoms with van der Waals surface area (Å²) in [5, 5.41) is 0. The molecule has 0 aliphatic carbocycles. The molecule has 1 aromatic carbocycles. The minimum absolute atomic E-state index is 1.02. The quantitative estimate of drug-likeness (QED) is 0.399. The van der Waals surface area contributed by atoms with E-state index in [0.717, 1.165) is 11.3 Å². The minimum atomic E-state index is 1.02. The predicted molar refractivity (Wildman–Crippen MR) is 109 cm³/mol. The molecule has 0 saturated heterocycles. The summed E-state index contributed by atoms with van der Waals surface area (Å²) in [5.74, 6) is 0. The van der Waals surface area contributed by atoms with E-state index in [1.54, 1.807) is 0 Å². The van der Waals surface area contributed by atoms with Crippen molar-refractivity contribution in [2.24, 2.45) is 4.99 Å². The van der Waals surface area contributed by atoms with Gasteiger partial charge in [0.25, 0.3) is 0 Å². The molecule has 0 atom stereocenters. The Morgan fingerprint density at radius 1 is 0.875 bits per heavy atom. The molecule has 0 aromatic heterocycles. The Balaban J connectivity index is 3.21. The molecule has 1 rings (SSSR count). The van der Waals surface area contributed by atoms with Crippen LogP contribution in [0, 0.1) is 0 Å². The third-order valence-corrected chi connectivity index (χ3v) is 3.95. The molecule has 126 valence electrons. The Labute approximate surface area is 147 Å². The van der Waals surface area contributed by atoms with Crippen molar-refractivity contribution in [1.82, 2.24) is 0 Å². The second-order valence-electron chi connectivity index (χ2n) is 5.72. The highest BCUT2D eigenvalue weighted by molar-refractivity contribution is 5.86. The average molecular weight is 319 g/mol. The number of allylic oxidation sites excluding steroid dienone is 9. The number of nitrogens with zero attached hydrogens (tertiary/aromatic N) is 1. The Bertz CT molecular complexity index is 722. The van der Waals surface area contributed by atoms with E-state index in [2.05, 4.69) is 81.3 Å². The molecule has 0 aliphatic heterocycles. The summed E-state index contributed by atoms with van der Waals surface area (Å²) in [6, 6.07) is 8.31. The van der Waals surface area contributed by atoms with Gasteiger partial charge in [0, 0.05) is 11.9 Å². The number of hydrogen-bond donors (Lipinski definition) is 0. The third-order valence-electron chi connectivity index (χ3n) is 3.95. The van der Waals surface area contributed by atoms with Crippen LogP contribution in [0.3, 0.4) is 0 Å². The van der Waals surface area contributed by atoms with E-state index in [9.17, 15) is 0 Å². The summed E-state index contributed by atoms with van der Waals surface area (Å²) in [6.45, 7) is 12.4. The fraction of sp³-hybridized carbons (Fsp3) is 0.261. The van der Waals surface area contributed by atoms with Gasteiger partial charge >= 0.3 is 0 Å². The molecule has 0 bridgehead atoms. The van der Waals surface area contributed by atoms with Crippen LogP contribution in [0.15, 0.2) is 82.1 Å². The molecule has 1 heteroatoms. The SMILES string of the molecule is C/C=C/C(=C(C)/C=C\c1ccccc1/C=N/C(C)=C/C)C(/C)=C/C. The van der Waals surface area contributed by atoms with Gasteiger partial charge in [-0.05, 0) is 69.4 Å². The Morgan fingerprint density at radius 2 is 1.54 bits per heavy atom. The van der Waals surface area contributed by atoms with Crippen LogP contribution in [0.2, 0.25) is 0 Å². The summed E-state index contributed by atoms with van der Waals surface area (Å²) in [7, 11) is 0. The second-order valence-corrected chi connectivity index (χ2v) is 5.72. The second kappa shape index (κ2) is 10.4. The molecule has 0 fully saturated rings. The van der Waals surface area contributed by atoms with Gasteiger partial charge in [-0.25, -0.2) is 0 Å². The maximum atomic E-state index is 4.48. The van der Waals surface area contributed by atoms with E-state index in [1.807, 2.05) is 32.2 Å². The highest BCUT2D eigenvalue weighted by atomic mass is 14.7. The van der Waals surface area contributed by atoms with Gasteiger partial charge < -0.3 is 0 Å². The van der Waals surface area contributed by atoms with Crippen LogP contribution < -0.4 is 0 Å². The van der Waals surface area contributed by atoms with Crippen LogP contribution >= 0.6 is 0 Å².